The molecule has 0 atom stereocenters. The molecule has 6 nitrogen and oxygen atoms in total. The Morgan fingerprint density at radius 1 is 1.07 bits per heavy atom. The largest absolute Gasteiger partial charge is 0.348 e. The second kappa shape index (κ2) is 7.82. The maximum atomic E-state index is 13.6. The monoisotopic (exact) mass is 366 g/mol. The molecule has 2 N–H and O–H groups in total. The molecule has 0 saturated carbocycles. The summed E-state index contributed by atoms with van der Waals surface area (Å²) in [6.07, 6.45) is 0. The molecule has 0 aliphatic rings. The van der Waals surface area contributed by atoms with Crippen molar-refractivity contribution in [2.45, 2.75) is 13.5 Å². The van der Waals surface area contributed by atoms with Crippen LogP contribution < -0.4 is 10.6 Å². The lowest BCUT2D eigenvalue weighted by Gasteiger charge is -2.08. The molecular formula is C20H19FN4O2. The topological polar surface area (TPSA) is 76.0 Å². The van der Waals surface area contributed by atoms with E-state index in [2.05, 4.69) is 15.7 Å². The highest BCUT2D eigenvalue weighted by atomic mass is 19.1. The van der Waals surface area contributed by atoms with Crippen LogP contribution in [0.3, 0.4) is 0 Å². The third kappa shape index (κ3) is 4.38. The van der Waals surface area contributed by atoms with Gasteiger partial charge in [0.25, 0.3) is 11.8 Å². The summed E-state index contributed by atoms with van der Waals surface area (Å²) in [5.74, 6) is -0.963. The van der Waals surface area contributed by atoms with Crippen molar-refractivity contribution in [3.05, 3.63) is 82.9 Å². The van der Waals surface area contributed by atoms with E-state index >= 15 is 0 Å². The minimum Gasteiger partial charge on any atom is -0.348 e. The molecule has 0 spiro atoms. The molecule has 0 radical (unpaired) electrons. The van der Waals surface area contributed by atoms with Crippen LogP contribution in [0.1, 0.15) is 32.1 Å². The smallest absolute Gasteiger partial charge is 0.273 e. The van der Waals surface area contributed by atoms with Crippen molar-refractivity contribution in [3.63, 3.8) is 0 Å². The summed E-state index contributed by atoms with van der Waals surface area (Å²) in [6, 6.07) is 14.4. The van der Waals surface area contributed by atoms with E-state index in [-0.39, 0.29) is 24.2 Å². The summed E-state index contributed by atoms with van der Waals surface area (Å²) in [6.45, 7) is 1.91. The summed E-state index contributed by atoms with van der Waals surface area (Å²) in [5, 5.41) is 9.58. The number of hydrogen-bond donors (Lipinski definition) is 2. The molecule has 0 unspecified atom stereocenters. The predicted octanol–water partition coefficient (Wildman–Crippen LogP) is 3.05. The van der Waals surface area contributed by atoms with E-state index in [1.54, 1.807) is 55.6 Å². The van der Waals surface area contributed by atoms with Crippen LogP contribution in [0.4, 0.5) is 10.1 Å². The maximum absolute atomic E-state index is 13.6. The van der Waals surface area contributed by atoms with Crippen LogP contribution in [0, 0.1) is 12.7 Å². The van der Waals surface area contributed by atoms with Gasteiger partial charge < -0.3 is 10.6 Å². The number of carbonyl (C=O) groups excluding carboxylic acids is 2. The lowest BCUT2D eigenvalue weighted by atomic mass is 10.1. The molecular weight excluding hydrogens is 347 g/mol. The molecule has 0 aliphatic carbocycles. The highest BCUT2D eigenvalue weighted by molar-refractivity contribution is 6.03. The molecule has 27 heavy (non-hydrogen) atoms. The number of nitrogens with zero attached hydrogens (tertiary/aromatic N) is 2. The van der Waals surface area contributed by atoms with E-state index in [1.807, 2.05) is 6.92 Å². The van der Waals surface area contributed by atoms with Gasteiger partial charge in [0.2, 0.25) is 0 Å². The second-order valence-electron chi connectivity index (χ2n) is 6.10. The molecule has 0 aliphatic heterocycles. The van der Waals surface area contributed by atoms with Crippen LogP contribution >= 0.6 is 0 Å². The molecule has 7 heteroatoms. The Kier molecular flexibility index (Phi) is 5.30. The van der Waals surface area contributed by atoms with Gasteiger partial charge in [0.05, 0.1) is 5.69 Å². The fraction of sp³-hybridized carbons (Fsp3) is 0.150. The third-order valence-corrected chi connectivity index (χ3v) is 4.04. The molecule has 3 rings (SSSR count). The van der Waals surface area contributed by atoms with Crippen LogP contribution in [-0.2, 0) is 13.6 Å². The number of benzene rings is 2. The van der Waals surface area contributed by atoms with Crippen molar-refractivity contribution in [1.82, 2.24) is 15.1 Å². The van der Waals surface area contributed by atoms with Crippen molar-refractivity contribution in [2.24, 2.45) is 7.05 Å². The van der Waals surface area contributed by atoms with Crippen molar-refractivity contribution in [1.29, 1.82) is 0 Å². The number of halogens is 1. The SMILES string of the molecule is Cc1cc(C(=O)Nc2ccc(C(=O)NCc3ccccc3F)cc2)n(C)n1. The van der Waals surface area contributed by atoms with Crippen molar-refractivity contribution >= 4 is 17.5 Å². The standard InChI is InChI=1S/C20H19FN4O2/c1-13-11-18(25(2)24-13)20(27)23-16-9-7-14(8-10-16)19(26)22-12-15-5-3-4-6-17(15)21/h3-11H,12H2,1-2H3,(H,22,26)(H,23,27). The number of carbonyl (C=O) groups is 2. The van der Waals surface area contributed by atoms with Gasteiger partial charge in [-0.15, -0.1) is 0 Å². The van der Waals surface area contributed by atoms with Crippen LogP contribution in [0.15, 0.2) is 54.6 Å². The molecule has 2 aromatic carbocycles. The number of anilines is 1. The predicted molar refractivity (Wildman–Crippen MR) is 99.9 cm³/mol. The van der Waals surface area contributed by atoms with Crippen LogP contribution in [0.5, 0.6) is 0 Å². The van der Waals surface area contributed by atoms with Crippen molar-refractivity contribution < 1.29 is 14.0 Å². The molecule has 0 fully saturated rings. The van der Waals surface area contributed by atoms with Gasteiger partial charge in [-0.05, 0) is 43.3 Å². The van der Waals surface area contributed by atoms with E-state index < -0.39 is 0 Å². The quantitative estimate of drug-likeness (QED) is 0.729. The van der Waals surface area contributed by atoms with E-state index in [1.165, 1.54) is 10.7 Å². The molecule has 2 amide bonds. The van der Waals surface area contributed by atoms with Gasteiger partial charge in [-0.3, -0.25) is 14.3 Å². The van der Waals surface area contributed by atoms with Gasteiger partial charge in [0.15, 0.2) is 0 Å². The first-order valence-electron chi connectivity index (χ1n) is 8.37. The number of nitrogens with one attached hydrogen (secondary N) is 2. The van der Waals surface area contributed by atoms with Crippen LogP contribution in [0.25, 0.3) is 0 Å². The highest BCUT2D eigenvalue weighted by Gasteiger charge is 2.12. The van der Waals surface area contributed by atoms with E-state index in [0.717, 1.165) is 5.69 Å². The average Bonchev–Trinajstić information content (AvgIpc) is 3.00. The Bertz CT molecular complexity index is 980. The summed E-state index contributed by atoms with van der Waals surface area (Å²) in [4.78, 5) is 24.5. The third-order valence-electron chi connectivity index (χ3n) is 4.04. The maximum Gasteiger partial charge on any atom is 0.273 e. The van der Waals surface area contributed by atoms with Gasteiger partial charge in [-0.1, -0.05) is 18.2 Å². The lowest BCUT2D eigenvalue weighted by molar-refractivity contribution is 0.0950. The van der Waals surface area contributed by atoms with E-state index in [9.17, 15) is 14.0 Å². The summed E-state index contributed by atoms with van der Waals surface area (Å²) in [5.41, 5.74) is 2.59. The zero-order valence-electron chi connectivity index (χ0n) is 15.0. The van der Waals surface area contributed by atoms with Crippen molar-refractivity contribution in [3.8, 4) is 0 Å². The van der Waals surface area contributed by atoms with Gasteiger partial charge >= 0.3 is 0 Å². The molecule has 1 aromatic heterocycles. The molecule has 1 heterocycles. The van der Waals surface area contributed by atoms with Gasteiger partial charge in [-0.2, -0.15) is 5.10 Å². The Balaban J connectivity index is 1.61. The Hall–Kier alpha value is -3.48. The van der Waals surface area contributed by atoms with Gasteiger partial charge in [0.1, 0.15) is 11.5 Å². The Morgan fingerprint density at radius 3 is 2.41 bits per heavy atom. The lowest BCUT2D eigenvalue weighted by Crippen LogP contribution is -2.23. The van der Waals surface area contributed by atoms with Crippen LogP contribution in [-0.4, -0.2) is 21.6 Å². The first-order valence-corrected chi connectivity index (χ1v) is 8.37. The Morgan fingerprint density at radius 2 is 1.78 bits per heavy atom. The molecule has 0 saturated heterocycles. The number of aromatic nitrogens is 2. The van der Waals surface area contributed by atoms with Crippen LogP contribution in [0.2, 0.25) is 0 Å². The fourth-order valence-electron chi connectivity index (χ4n) is 2.64. The molecule has 0 bridgehead atoms. The zero-order valence-corrected chi connectivity index (χ0v) is 15.0. The van der Waals surface area contributed by atoms with E-state index in [4.69, 9.17) is 0 Å². The number of rotatable bonds is 5. The summed E-state index contributed by atoms with van der Waals surface area (Å²) in [7, 11) is 1.70. The summed E-state index contributed by atoms with van der Waals surface area (Å²) >= 11 is 0. The minimum absolute atomic E-state index is 0.101. The van der Waals surface area contributed by atoms with Gasteiger partial charge in [-0.25, -0.2) is 4.39 Å². The average molecular weight is 366 g/mol. The fourth-order valence-corrected chi connectivity index (χ4v) is 2.64. The highest BCUT2D eigenvalue weighted by Crippen LogP contribution is 2.13. The van der Waals surface area contributed by atoms with Crippen molar-refractivity contribution in [2.75, 3.05) is 5.32 Å². The van der Waals surface area contributed by atoms with Gasteiger partial charge in [0, 0.05) is 30.4 Å². The second-order valence-corrected chi connectivity index (χ2v) is 6.10. The minimum atomic E-state index is -0.360. The van der Waals surface area contributed by atoms with E-state index in [0.29, 0.717) is 22.5 Å². The summed E-state index contributed by atoms with van der Waals surface area (Å²) < 4.78 is 15.1. The zero-order chi connectivity index (χ0) is 19.4. The first-order chi connectivity index (χ1) is 12.9. The number of hydrogen-bond acceptors (Lipinski definition) is 3. The normalized spacial score (nSPS) is 10.5. The number of amides is 2. The molecule has 3 aromatic rings. The number of aryl methyl sites for hydroxylation is 2. The first kappa shape index (κ1) is 18.3. The molecule has 138 valence electrons. The Labute approximate surface area is 156 Å².